The lowest BCUT2D eigenvalue weighted by molar-refractivity contribution is 0.365. The molecule has 1 aliphatic heterocycles. The van der Waals surface area contributed by atoms with E-state index in [2.05, 4.69) is 29.7 Å². The predicted octanol–water partition coefficient (Wildman–Crippen LogP) is 3.27. The molecule has 0 amide bonds. The van der Waals surface area contributed by atoms with Crippen LogP contribution in [0.3, 0.4) is 0 Å². The van der Waals surface area contributed by atoms with Crippen LogP contribution in [0.5, 0.6) is 0 Å². The molecule has 1 fully saturated rings. The van der Waals surface area contributed by atoms with Gasteiger partial charge in [-0.15, -0.1) is 0 Å². The molecular weight excluding hydrogens is 246 g/mol. The minimum Gasteiger partial charge on any atom is -0.379 e. The Kier molecular flexibility index (Phi) is 3.33. The largest absolute Gasteiger partial charge is 0.379 e. The summed E-state index contributed by atoms with van der Waals surface area (Å²) in [5.74, 6) is 0. The highest BCUT2D eigenvalue weighted by molar-refractivity contribution is 5.97. The van der Waals surface area contributed by atoms with Crippen LogP contribution in [0.25, 0.3) is 10.8 Å². The van der Waals surface area contributed by atoms with E-state index in [4.69, 9.17) is 0 Å². The first-order valence-electron chi connectivity index (χ1n) is 7.13. The number of anilines is 1. The molecule has 1 saturated heterocycles. The maximum atomic E-state index is 9.22. The normalized spacial score (nSPS) is 17.6. The van der Waals surface area contributed by atoms with Crippen LogP contribution in [0.4, 0.5) is 5.69 Å². The number of piperidine rings is 1. The van der Waals surface area contributed by atoms with Crippen molar-refractivity contribution >= 4 is 16.5 Å². The van der Waals surface area contributed by atoms with Crippen molar-refractivity contribution in [3.8, 4) is 6.07 Å². The molecular formula is C17H19N3. The molecule has 0 saturated carbocycles. The van der Waals surface area contributed by atoms with Crippen molar-refractivity contribution in [2.24, 2.45) is 0 Å². The second-order valence-corrected chi connectivity index (χ2v) is 5.75. The summed E-state index contributed by atoms with van der Waals surface area (Å²) < 4.78 is 0. The van der Waals surface area contributed by atoms with Gasteiger partial charge in [0.15, 0.2) is 0 Å². The Hall–Kier alpha value is -2.05. The van der Waals surface area contributed by atoms with Crippen LogP contribution in [-0.2, 0) is 0 Å². The fourth-order valence-electron chi connectivity index (χ4n) is 2.93. The molecule has 0 radical (unpaired) electrons. The van der Waals surface area contributed by atoms with Crippen LogP contribution in [0.1, 0.15) is 25.3 Å². The SMILES string of the molecule is CC1(Nc2ccc(C#N)c3ccccc23)CCNCC1. The Bertz CT molecular complexity index is 663. The summed E-state index contributed by atoms with van der Waals surface area (Å²) in [5.41, 5.74) is 1.99. The van der Waals surface area contributed by atoms with E-state index in [1.165, 1.54) is 0 Å². The molecule has 0 aromatic heterocycles. The van der Waals surface area contributed by atoms with E-state index in [9.17, 15) is 5.26 Å². The minimum absolute atomic E-state index is 0.127. The van der Waals surface area contributed by atoms with Crippen LogP contribution in [0.2, 0.25) is 0 Å². The van der Waals surface area contributed by atoms with Gasteiger partial charge in [0.05, 0.1) is 11.6 Å². The van der Waals surface area contributed by atoms with Crippen LogP contribution in [0, 0.1) is 11.3 Å². The van der Waals surface area contributed by atoms with Crippen LogP contribution in [0.15, 0.2) is 36.4 Å². The molecule has 3 heteroatoms. The summed E-state index contributed by atoms with van der Waals surface area (Å²) >= 11 is 0. The first-order valence-corrected chi connectivity index (χ1v) is 7.13. The molecule has 3 rings (SSSR count). The lowest BCUT2D eigenvalue weighted by atomic mass is 9.89. The minimum atomic E-state index is 0.127. The van der Waals surface area contributed by atoms with Gasteiger partial charge in [0.25, 0.3) is 0 Å². The van der Waals surface area contributed by atoms with Crippen LogP contribution in [-0.4, -0.2) is 18.6 Å². The monoisotopic (exact) mass is 265 g/mol. The first kappa shape index (κ1) is 13.0. The van der Waals surface area contributed by atoms with Gasteiger partial charge >= 0.3 is 0 Å². The summed E-state index contributed by atoms with van der Waals surface area (Å²) in [6.07, 6.45) is 2.22. The van der Waals surface area contributed by atoms with Gasteiger partial charge in [-0.25, -0.2) is 0 Å². The van der Waals surface area contributed by atoms with Gasteiger partial charge in [-0.05, 0) is 45.0 Å². The molecule has 0 unspecified atom stereocenters. The Morgan fingerprint density at radius 1 is 1.10 bits per heavy atom. The maximum absolute atomic E-state index is 9.22. The van der Waals surface area contributed by atoms with Crippen molar-refractivity contribution in [2.75, 3.05) is 18.4 Å². The number of benzene rings is 2. The molecule has 1 heterocycles. The smallest absolute Gasteiger partial charge is 0.0998 e. The molecule has 1 aliphatic rings. The number of fused-ring (bicyclic) bond motifs is 1. The Morgan fingerprint density at radius 2 is 1.80 bits per heavy atom. The molecule has 3 nitrogen and oxygen atoms in total. The van der Waals surface area contributed by atoms with Gasteiger partial charge in [-0.1, -0.05) is 24.3 Å². The maximum Gasteiger partial charge on any atom is 0.0998 e. The highest BCUT2D eigenvalue weighted by Crippen LogP contribution is 2.31. The molecule has 0 aliphatic carbocycles. The summed E-state index contributed by atoms with van der Waals surface area (Å²) in [6, 6.07) is 14.3. The third-order valence-corrected chi connectivity index (χ3v) is 4.19. The van der Waals surface area contributed by atoms with Crippen molar-refractivity contribution in [3.63, 3.8) is 0 Å². The fourth-order valence-corrected chi connectivity index (χ4v) is 2.93. The summed E-state index contributed by atoms with van der Waals surface area (Å²) in [5, 5.41) is 18.5. The van der Waals surface area contributed by atoms with Gasteiger partial charge in [0.1, 0.15) is 0 Å². The van der Waals surface area contributed by atoms with Crippen molar-refractivity contribution in [1.82, 2.24) is 5.32 Å². The van der Waals surface area contributed by atoms with Crippen LogP contribution >= 0.6 is 0 Å². The van der Waals surface area contributed by atoms with E-state index < -0.39 is 0 Å². The topological polar surface area (TPSA) is 47.9 Å². The van der Waals surface area contributed by atoms with E-state index in [1.54, 1.807) is 0 Å². The summed E-state index contributed by atoms with van der Waals surface area (Å²) in [7, 11) is 0. The number of nitrogens with one attached hydrogen (secondary N) is 2. The summed E-state index contributed by atoms with van der Waals surface area (Å²) in [6.45, 7) is 4.39. The number of rotatable bonds is 2. The first-order chi connectivity index (χ1) is 9.72. The van der Waals surface area contributed by atoms with Crippen molar-refractivity contribution in [2.45, 2.75) is 25.3 Å². The van der Waals surface area contributed by atoms with E-state index in [0.717, 1.165) is 48.0 Å². The van der Waals surface area contributed by atoms with Gasteiger partial charge in [0, 0.05) is 22.0 Å². The molecule has 102 valence electrons. The Balaban J connectivity index is 2.02. The van der Waals surface area contributed by atoms with E-state index in [0.29, 0.717) is 0 Å². The highest BCUT2D eigenvalue weighted by Gasteiger charge is 2.26. The standard InChI is InChI=1S/C17H19N3/c1-17(8-10-19-11-9-17)20-16-7-6-13(12-18)14-4-2-3-5-15(14)16/h2-7,19-20H,8-11H2,1H3. The molecule has 20 heavy (non-hydrogen) atoms. The fraction of sp³-hybridized carbons (Fsp3) is 0.353. The molecule has 2 N–H and O–H groups in total. The third-order valence-electron chi connectivity index (χ3n) is 4.19. The van der Waals surface area contributed by atoms with Crippen molar-refractivity contribution in [3.05, 3.63) is 42.0 Å². The Morgan fingerprint density at radius 3 is 2.50 bits per heavy atom. The van der Waals surface area contributed by atoms with E-state index >= 15 is 0 Å². The summed E-state index contributed by atoms with van der Waals surface area (Å²) in [4.78, 5) is 0. The molecule has 2 aromatic carbocycles. The zero-order chi connectivity index (χ0) is 14.0. The Labute approximate surface area is 119 Å². The second kappa shape index (κ2) is 5.15. The van der Waals surface area contributed by atoms with Gasteiger partial charge in [-0.2, -0.15) is 5.26 Å². The lowest BCUT2D eigenvalue weighted by Crippen LogP contribution is -2.45. The van der Waals surface area contributed by atoms with E-state index in [-0.39, 0.29) is 5.54 Å². The second-order valence-electron chi connectivity index (χ2n) is 5.75. The number of nitrogens with zero attached hydrogens (tertiary/aromatic N) is 1. The molecule has 0 atom stereocenters. The molecule has 0 spiro atoms. The van der Waals surface area contributed by atoms with Crippen LogP contribution < -0.4 is 10.6 Å². The average molecular weight is 265 g/mol. The number of hydrogen-bond donors (Lipinski definition) is 2. The van der Waals surface area contributed by atoms with Gasteiger partial charge < -0.3 is 10.6 Å². The van der Waals surface area contributed by atoms with Gasteiger partial charge in [-0.3, -0.25) is 0 Å². The lowest BCUT2D eigenvalue weighted by Gasteiger charge is -2.36. The predicted molar refractivity (Wildman–Crippen MR) is 82.8 cm³/mol. The molecule has 0 bridgehead atoms. The highest BCUT2D eigenvalue weighted by atomic mass is 15.0. The third kappa shape index (κ3) is 2.35. The number of hydrogen-bond acceptors (Lipinski definition) is 3. The number of nitriles is 1. The van der Waals surface area contributed by atoms with Crippen molar-refractivity contribution in [1.29, 1.82) is 5.26 Å². The van der Waals surface area contributed by atoms with E-state index in [1.807, 2.05) is 30.3 Å². The molecule has 2 aromatic rings. The van der Waals surface area contributed by atoms with Crippen molar-refractivity contribution < 1.29 is 0 Å². The van der Waals surface area contributed by atoms with Gasteiger partial charge in [0.2, 0.25) is 0 Å². The zero-order valence-electron chi connectivity index (χ0n) is 11.7. The average Bonchev–Trinajstić information content (AvgIpc) is 2.48. The quantitative estimate of drug-likeness (QED) is 0.876. The zero-order valence-corrected chi connectivity index (χ0v) is 11.7.